The van der Waals surface area contributed by atoms with Gasteiger partial charge in [0.05, 0.1) is 11.9 Å². The third-order valence-corrected chi connectivity index (χ3v) is 6.20. The number of carbonyl (C=O) groups is 1. The van der Waals surface area contributed by atoms with Crippen LogP contribution in [-0.2, 0) is 6.42 Å². The quantitative estimate of drug-likeness (QED) is 0.662. The highest BCUT2D eigenvalue weighted by molar-refractivity contribution is 5.97. The highest BCUT2D eigenvalue weighted by atomic mass is 19.1. The lowest BCUT2D eigenvalue weighted by atomic mass is 9.96. The van der Waals surface area contributed by atoms with Crippen LogP contribution >= 0.6 is 0 Å². The van der Waals surface area contributed by atoms with Crippen LogP contribution in [0, 0.1) is 5.82 Å². The Morgan fingerprint density at radius 2 is 1.81 bits per heavy atom. The Morgan fingerprint density at radius 1 is 1.06 bits per heavy atom. The largest absolute Gasteiger partial charge is 0.382 e. The van der Waals surface area contributed by atoms with E-state index in [2.05, 4.69) is 44.3 Å². The van der Waals surface area contributed by atoms with Gasteiger partial charge in [-0.25, -0.2) is 14.4 Å². The number of halogens is 1. The third-order valence-electron chi connectivity index (χ3n) is 6.20. The van der Waals surface area contributed by atoms with E-state index in [1.165, 1.54) is 11.8 Å². The second kappa shape index (κ2) is 8.20. The number of nitrogen functional groups attached to an aromatic ring is 1. The Bertz CT molecular complexity index is 1170. The van der Waals surface area contributed by atoms with Crippen molar-refractivity contribution in [3.05, 3.63) is 59.5 Å². The van der Waals surface area contributed by atoms with Crippen molar-refractivity contribution in [2.45, 2.75) is 6.42 Å². The summed E-state index contributed by atoms with van der Waals surface area (Å²) in [4.78, 5) is 25.6. The van der Waals surface area contributed by atoms with Gasteiger partial charge in [0.15, 0.2) is 0 Å². The maximum atomic E-state index is 14.9. The van der Waals surface area contributed by atoms with Gasteiger partial charge in [0.2, 0.25) is 0 Å². The first-order valence-electron chi connectivity index (χ1n) is 10.8. The second-order valence-corrected chi connectivity index (χ2v) is 8.32. The number of nitrogens with two attached hydrogens (primary N) is 1. The lowest BCUT2D eigenvalue weighted by molar-refractivity contribution is 0.0945. The minimum Gasteiger partial charge on any atom is -0.382 e. The topological polar surface area (TPSA) is 87.4 Å². The van der Waals surface area contributed by atoms with Gasteiger partial charge in [-0.2, -0.15) is 0 Å². The summed E-state index contributed by atoms with van der Waals surface area (Å²) in [6.07, 6.45) is 2.24. The van der Waals surface area contributed by atoms with Crippen molar-refractivity contribution in [1.82, 2.24) is 20.2 Å². The van der Waals surface area contributed by atoms with Gasteiger partial charge in [0, 0.05) is 55.1 Å². The summed E-state index contributed by atoms with van der Waals surface area (Å²) in [6.45, 7) is 4.61. The van der Waals surface area contributed by atoms with E-state index in [4.69, 9.17) is 5.73 Å². The predicted octanol–water partition coefficient (Wildman–Crippen LogP) is 2.57. The molecule has 5 rings (SSSR count). The Hall–Kier alpha value is -3.52. The van der Waals surface area contributed by atoms with Crippen LogP contribution in [0.5, 0.6) is 0 Å². The van der Waals surface area contributed by atoms with E-state index in [0.717, 1.165) is 37.3 Å². The van der Waals surface area contributed by atoms with Crippen molar-refractivity contribution < 1.29 is 9.18 Å². The summed E-state index contributed by atoms with van der Waals surface area (Å²) < 4.78 is 14.9. The molecule has 0 radical (unpaired) electrons. The molecule has 1 aromatic heterocycles. The van der Waals surface area contributed by atoms with Gasteiger partial charge < -0.3 is 20.9 Å². The molecule has 0 saturated carbocycles. The number of hydrogen-bond acceptors (Lipinski definition) is 6. The molecule has 1 saturated heterocycles. The van der Waals surface area contributed by atoms with Gasteiger partial charge in [-0.05, 0) is 43.3 Å². The van der Waals surface area contributed by atoms with Crippen LogP contribution in [0.15, 0.2) is 42.6 Å². The molecule has 0 spiro atoms. The number of fused-ring (bicyclic) bond motifs is 1. The number of piperazine rings is 1. The van der Waals surface area contributed by atoms with Gasteiger partial charge in [0.25, 0.3) is 5.91 Å². The molecule has 8 heteroatoms. The minimum absolute atomic E-state index is 0.155. The lowest BCUT2D eigenvalue weighted by Gasteiger charge is -2.34. The van der Waals surface area contributed by atoms with Crippen LogP contribution < -0.4 is 16.0 Å². The Balaban J connectivity index is 1.46. The number of carbonyl (C=O) groups excluding carboxylic acids is 1. The van der Waals surface area contributed by atoms with Crippen molar-refractivity contribution in [2.24, 2.45) is 0 Å². The molecule has 2 aliphatic rings. The van der Waals surface area contributed by atoms with E-state index in [9.17, 15) is 9.18 Å². The number of aromatic nitrogens is 2. The fraction of sp³-hybridized carbons (Fsp3) is 0.292. The number of likely N-dealkylation sites (N-methyl/N-ethyl adjacent to an activating group) is 1. The normalized spacial score (nSPS) is 16.6. The second-order valence-electron chi connectivity index (χ2n) is 8.32. The number of amides is 1. The molecule has 3 N–H and O–H groups in total. The molecular weight excluding hydrogens is 407 g/mol. The molecular formula is C24H25FN6O. The molecule has 0 atom stereocenters. The maximum absolute atomic E-state index is 14.9. The Labute approximate surface area is 186 Å². The summed E-state index contributed by atoms with van der Waals surface area (Å²) in [6, 6.07) is 11.1. The van der Waals surface area contributed by atoms with Crippen molar-refractivity contribution in [1.29, 1.82) is 0 Å². The van der Waals surface area contributed by atoms with Crippen LogP contribution in [0.2, 0.25) is 0 Å². The van der Waals surface area contributed by atoms with E-state index in [-0.39, 0.29) is 23.0 Å². The molecule has 2 aliphatic heterocycles. The fourth-order valence-corrected chi connectivity index (χ4v) is 4.27. The molecule has 1 amide bonds. The molecule has 32 heavy (non-hydrogen) atoms. The maximum Gasteiger partial charge on any atom is 0.251 e. The molecule has 164 valence electrons. The van der Waals surface area contributed by atoms with Gasteiger partial charge in [-0.15, -0.1) is 0 Å². The predicted molar refractivity (Wildman–Crippen MR) is 123 cm³/mol. The lowest BCUT2D eigenvalue weighted by Crippen LogP contribution is -2.44. The summed E-state index contributed by atoms with van der Waals surface area (Å²) in [5, 5.41) is 2.73. The summed E-state index contributed by atoms with van der Waals surface area (Å²) in [5.74, 6) is -0.642. The fourth-order valence-electron chi connectivity index (χ4n) is 4.27. The molecule has 0 bridgehead atoms. The van der Waals surface area contributed by atoms with E-state index >= 15 is 0 Å². The zero-order chi connectivity index (χ0) is 22.2. The number of nitrogens with zero attached hydrogens (tertiary/aromatic N) is 4. The molecule has 1 fully saturated rings. The zero-order valence-corrected chi connectivity index (χ0v) is 17.9. The van der Waals surface area contributed by atoms with Crippen LogP contribution in [0.4, 0.5) is 15.9 Å². The average molecular weight is 433 g/mol. The molecule has 3 aromatic rings. The molecule has 2 aromatic carbocycles. The van der Waals surface area contributed by atoms with Crippen molar-refractivity contribution in [2.75, 3.05) is 50.4 Å². The molecule has 7 nitrogen and oxygen atoms in total. The first-order valence-corrected chi connectivity index (χ1v) is 10.8. The SMILES string of the molecule is CN1CCN(c2ccc(-c3cnc(N)c(-c4cc5c(cc4F)C(=O)NCC5)n3)cc2)CC1. The van der Waals surface area contributed by atoms with Crippen LogP contribution in [-0.4, -0.2) is 60.5 Å². The summed E-state index contributed by atoms with van der Waals surface area (Å²) >= 11 is 0. The van der Waals surface area contributed by atoms with E-state index < -0.39 is 5.82 Å². The third kappa shape index (κ3) is 3.78. The van der Waals surface area contributed by atoms with Gasteiger partial charge in [-0.1, -0.05) is 12.1 Å². The highest BCUT2D eigenvalue weighted by Crippen LogP contribution is 2.31. The molecule has 3 heterocycles. The van der Waals surface area contributed by atoms with Gasteiger partial charge in [0.1, 0.15) is 17.3 Å². The highest BCUT2D eigenvalue weighted by Gasteiger charge is 2.22. The van der Waals surface area contributed by atoms with Crippen molar-refractivity contribution in [3.8, 4) is 22.5 Å². The van der Waals surface area contributed by atoms with E-state index in [0.29, 0.717) is 24.2 Å². The van der Waals surface area contributed by atoms with Gasteiger partial charge in [-0.3, -0.25) is 4.79 Å². The monoisotopic (exact) mass is 432 g/mol. The Kier molecular flexibility index (Phi) is 5.22. The van der Waals surface area contributed by atoms with Crippen LogP contribution in [0.25, 0.3) is 22.5 Å². The minimum atomic E-state index is -0.538. The zero-order valence-electron chi connectivity index (χ0n) is 17.9. The number of hydrogen-bond donors (Lipinski definition) is 2. The number of nitrogens with one attached hydrogen (secondary N) is 1. The van der Waals surface area contributed by atoms with Gasteiger partial charge >= 0.3 is 0 Å². The molecule has 0 aliphatic carbocycles. The number of benzene rings is 2. The summed E-state index contributed by atoms with van der Waals surface area (Å²) in [5.41, 5.74) is 10.4. The van der Waals surface area contributed by atoms with Crippen molar-refractivity contribution >= 4 is 17.4 Å². The summed E-state index contributed by atoms with van der Waals surface area (Å²) in [7, 11) is 2.14. The van der Waals surface area contributed by atoms with Crippen molar-refractivity contribution in [3.63, 3.8) is 0 Å². The van der Waals surface area contributed by atoms with E-state index in [1.807, 2.05) is 12.1 Å². The Morgan fingerprint density at radius 3 is 2.56 bits per heavy atom. The standard InChI is InChI=1S/C24H25FN6O/c1-30-8-10-31(11-9-30)17-4-2-15(3-5-17)21-14-28-23(26)22(29-21)19-12-16-6-7-27-24(32)18(16)13-20(19)25/h2-5,12-14H,6-11H2,1H3,(H2,26,28)(H,27,32). The number of rotatable bonds is 3. The van der Waals surface area contributed by atoms with Crippen LogP contribution in [0.1, 0.15) is 15.9 Å². The first-order chi connectivity index (χ1) is 15.5. The van der Waals surface area contributed by atoms with Crippen LogP contribution in [0.3, 0.4) is 0 Å². The molecule has 0 unspecified atom stereocenters. The van der Waals surface area contributed by atoms with E-state index in [1.54, 1.807) is 12.3 Å². The average Bonchev–Trinajstić information content (AvgIpc) is 2.81. The smallest absolute Gasteiger partial charge is 0.251 e. The first kappa shape index (κ1) is 20.4. The number of anilines is 2.